The smallest absolute Gasteiger partial charge is 0.227 e. The predicted octanol–water partition coefficient (Wildman–Crippen LogP) is 1.88. The summed E-state index contributed by atoms with van der Waals surface area (Å²) in [6.45, 7) is 5.97. The van der Waals surface area contributed by atoms with Gasteiger partial charge in [0.25, 0.3) is 0 Å². The number of morpholine rings is 1. The number of amides is 1. The lowest BCUT2D eigenvalue weighted by Crippen LogP contribution is -2.55. The number of methoxy groups -OCH3 is 1. The number of carbonyl (C=O) groups is 1. The third-order valence-electron chi connectivity index (χ3n) is 3.46. The van der Waals surface area contributed by atoms with Crippen molar-refractivity contribution in [2.24, 2.45) is 0 Å². The molecule has 0 saturated carbocycles. The molecule has 0 aliphatic carbocycles. The number of carbonyl (C=O) groups excluding carboxylic acids is 1. The first kappa shape index (κ1) is 13.9. The van der Waals surface area contributed by atoms with Gasteiger partial charge in [0.15, 0.2) is 0 Å². The summed E-state index contributed by atoms with van der Waals surface area (Å²) in [6, 6.07) is 7.63. The van der Waals surface area contributed by atoms with Gasteiger partial charge in [-0.1, -0.05) is 12.1 Å². The van der Waals surface area contributed by atoms with Crippen LogP contribution in [0.2, 0.25) is 0 Å². The minimum atomic E-state index is -0.220. The van der Waals surface area contributed by atoms with Crippen LogP contribution in [-0.2, 0) is 16.0 Å². The fraction of sp³-hybridized carbons (Fsp3) is 0.533. The summed E-state index contributed by atoms with van der Waals surface area (Å²) in [6.07, 6.45) is 0.424. The third kappa shape index (κ3) is 3.26. The zero-order chi connectivity index (χ0) is 13.9. The quantitative estimate of drug-likeness (QED) is 0.835. The number of ether oxygens (including phenoxy) is 2. The summed E-state index contributed by atoms with van der Waals surface area (Å²) in [5.41, 5.74) is 0.787. The average Bonchev–Trinajstić information content (AvgIpc) is 2.39. The standard InChI is InChI=1S/C15H21NO3/c1-15(2)11-19-9-8-16(15)14(17)10-12-4-6-13(18-3)7-5-12/h4-7H,8-11H2,1-3H3. The van der Waals surface area contributed by atoms with Crippen LogP contribution in [0.5, 0.6) is 5.75 Å². The summed E-state index contributed by atoms with van der Waals surface area (Å²) in [7, 11) is 1.64. The molecule has 1 fully saturated rings. The molecule has 1 aliphatic heterocycles. The first-order chi connectivity index (χ1) is 9.03. The van der Waals surface area contributed by atoms with Gasteiger partial charge < -0.3 is 14.4 Å². The molecule has 1 amide bonds. The number of hydrogen-bond donors (Lipinski definition) is 0. The molecule has 0 bridgehead atoms. The highest BCUT2D eigenvalue weighted by atomic mass is 16.5. The Labute approximate surface area is 114 Å². The lowest BCUT2D eigenvalue weighted by molar-refractivity contribution is -0.145. The number of rotatable bonds is 3. The van der Waals surface area contributed by atoms with Gasteiger partial charge in [-0.2, -0.15) is 0 Å². The first-order valence-corrected chi connectivity index (χ1v) is 6.54. The van der Waals surface area contributed by atoms with Gasteiger partial charge in [-0.05, 0) is 31.5 Å². The van der Waals surface area contributed by atoms with Gasteiger partial charge >= 0.3 is 0 Å². The topological polar surface area (TPSA) is 38.8 Å². The van der Waals surface area contributed by atoms with Crippen molar-refractivity contribution in [2.45, 2.75) is 25.8 Å². The van der Waals surface area contributed by atoms with Crippen molar-refractivity contribution in [3.63, 3.8) is 0 Å². The zero-order valence-electron chi connectivity index (χ0n) is 11.8. The van der Waals surface area contributed by atoms with Crippen molar-refractivity contribution < 1.29 is 14.3 Å². The van der Waals surface area contributed by atoms with E-state index in [1.807, 2.05) is 43.0 Å². The molecule has 0 spiro atoms. The van der Waals surface area contributed by atoms with Crippen LogP contribution in [0.4, 0.5) is 0 Å². The largest absolute Gasteiger partial charge is 0.497 e. The molecule has 0 N–H and O–H groups in total. The van der Waals surface area contributed by atoms with Gasteiger partial charge in [0.05, 0.1) is 32.3 Å². The fourth-order valence-corrected chi connectivity index (χ4v) is 2.33. The molecule has 1 heterocycles. The Balaban J connectivity index is 2.03. The molecule has 4 nitrogen and oxygen atoms in total. The highest BCUT2D eigenvalue weighted by molar-refractivity contribution is 5.79. The Bertz CT molecular complexity index is 439. The van der Waals surface area contributed by atoms with Crippen LogP contribution in [0.15, 0.2) is 24.3 Å². The summed E-state index contributed by atoms with van der Waals surface area (Å²) in [4.78, 5) is 14.3. The van der Waals surface area contributed by atoms with Crippen LogP contribution < -0.4 is 4.74 Å². The molecular formula is C15H21NO3. The second-order valence-corrected chi connectivity index (χ2v) is 5.44. The van der Waals surface area contributed by atoms with E-state index in [4.69, 9.17) is 9.47 Å². The molecule has 1 saturated heterocycles. The average molecular weight is 263 g/mol. The molecule has 104 valence electrons. The van der Waals surface area contributed by atoms with Crippen molar-refractivity contribution in [3.8, 4) is 5.75 Å². The van der Waals surface area contributed by atoms with E-state index in [1.54, 1.807) is 7.11 Å². The first-order valence-electron chi connectivity index (χ1n) is 6.54. The van der Waals surface area contributed by atoms with Crippen LogP contribution in [0, 0.1) is 0 Å². The summed E-state index contributed by atoms with van der Waals surface area (Å²) < 4.78 is 10.5. The normalized spacial score (nSPS) is 18.2. The molecule has 2 rings (SSSR count). The molecule has 1 aromatic carbocycles. The van der Waals surface area contributed by atoms with Crippen LogP contribution in [0.1, 0.15) is 19.4 Å². The maximum atomic E-state index is 12.4. The second-order valence-electron chi connectivity index (χ2n) is 5.44. The SMILES string of the molecule is COc1ccc(CC(=O)N2CCOCC2(C)C)cc1. The molecule has 0 aromatic heterocycles. The third-order valence-corrected chi connectivity index (χ3v) is 3.46. The minimum absolute atomic E-state index is 0.151. The Morgan fingerprint density at radius 2 is 2.05 bits per heavy atom. The van der Waals surface area contributed by atoms with Gasteiger partial charge in [-0.3, -0.25) is 4.79 Å². The van der Waals surface area contributed by atoms with Crippen LogP contribution in [0.3, 0.4) is 0 Å². The molecule has 19 heavy (non-hydrogen) atoms. The Morgan fingerprint density at radius 1 is 1.37 bits per heavy atom. The van der Waals surface area contributed by atoms with Gasteiger partial charge in [0.1, 0.15) is 5.75 Å². The summed E-state index contributed by atoms with van der Waals surface area (Å²) >= 11 is 0. The molecular weight excluding hydrogens is 242 g/mol. The van der Waals surface area contributed by atoms with Gasteiger partial charge in [-0.15, -0.1) is 0 Å². The van der Waals surface area contributed by atoms with Crippen LogP contribution in [-0.4, -0.2) is 43.2 Å². The monoisotopic (exact) mass is 263 g/mol. The van der Waals surface area contributed by atoms with Crippen molar-refractivity contribution in [3.05, 3.63) is 29.8 Å². The van der Waals surface area contributed by atoms with E-state index in [9.17, 15) is 4.79 Å². The van der Waals surface area contributed by atoms with E-state index in [0.717, 1.165) is 11.3 Å². The lowest BCUT2D eigenvalue weighted by Gasteiger charge is -2.42. The molecule has 1 aliphatic rings. The predicted molar refractivity (Wildman–Crippen MR) is 73.3 cm³/mol. The van der Waals surface area contributed by atoms with Gasteiger partial charge in [-0.25, -0.2) is 0 Å². The van der Waals surface area contributed by atoms with Gasteiger partial charge in [0, 0.05) is 6.54 Å². The minimum Gasteiger partial charge on any atom is -0.497 e. The molecule has 0 unspecified atom stereocenters. The second kappa shape index (κ2) is 5.61. The highest BCUT2D eigenvalue weighted by Gasteiger charge is 2.33. The maximum Gasteiger partial charge on any atom is 0.227 e. The van der Waals surface area contributed by atoms with E-state index in [1.165, 1.54) is 0 Å². The lowest BCUT2D eigenvalue weighted by atomic mass is 10.0. The summed E-state index contributed by atoms with van der Waals surface area (Å²) in [5.74, 6) is 0.960. The van der Waals surface area contributed by atoms with Crippen molar-refractivity contribution in [1.82, 2.24) is 4.90 Å². The fourth-order valence-electron chi connectivity index (χ4n) is 2.33. The molecule has 0 atom stereocenters. The molecule has 1 aromatic rings. The van der Waals surface area contributed by atoms with E-state index >= 15 is 0 Å². The van der Waals surface area contributed by atoms with Crippen molar-refractivity contribution in [2.75, 3.05) is 26.9 Å². The Kier molecular flexibility index (Phi) is 4.10. The Morgan fingerprint density at radius 3 is 2.63 bits per heavy atom. The maximum absolute atomic E-state index is 12.4. The van der Waals surface area contributed by atoms with Crippen molar-refractivity contribution >= 4 is 5.91 Å². The molecule has 0 radical (unpaired) electrons. The van der Waals surface area contributed by atoms with E-state index in [-0.39, 0.29) is 11.4 Å². The molecule has 4 heteroatoms. The van der Waals surface area contributed by atoms with Crippen molar-refractivity contribution in [1.29, 1.82) is 0 Å². The highest BCUT2D eigenvalue weighted by Crippen LogP contribution is 2.20. The number of hydrogen-bond acceptors (Lipinski definition) is 3. The van der Waals surface area contributed by atoms with E-state index < -0.39 is 0 Å². The van der Waals surface area contributed by atoms with Gasteiger partial charge in [0.2, 0.25) is 5.91 Å². The number of benzene rings is 1. The zero-order valence-corrected chi connectivity index (χ0v) is 11.8. The van der Waals surface area contributed by atoms with Crippen LogP contribution >= 0.6 is 0 Å². The van der Waals surface area contributed by atoms with E-state index in [2.05, 4.69) is 0 Å². The number of nitrogens with zero attached hydrogens (tertiary/aromatic N) is 1. The summed E-state index contributed by atoms with van der Waals surface area (Å²) in [5, 5.41) is 0. The van der Waals surface area contributed by atoms with E-state index in [0.29, 0.717) is 26.2 Å². The Hall–Kier alpha value is -1.55. The van der Waals surface area contributed by atoms with Crippen LogP contribution in [0.25, 0.3) is 0 Å².